The van der Waals surface area contributed by atoms with E-state index in [-0.39, 0.29) is 11.6 Å². The summed E-state index contributed by atoms with van der Waals surface area (Å²) < 4.78 is 24.4. The predicted molar refractivity (Wildman–Crippen MR) is 60.2 cm³/mol. The van der Waals surface area contributed by atoms with Crippen LogP contribution in [0.1, 0.15) is 5.56 Å². The summed E-state index contributed by atoms with van der Waals surface area (Å²) in [6.07, 6.45) is 3.27. The van der Waals surface area contributed by atoms with Crippen LogP contribution in [0.2, 0.25) is 0 Å². The number of hydrogen-bond acceptors (Lipinski definition) is 3. The second-order valence-corrected chi connectivity index (χ2v) is 5.69. The molecule has 0 unspecified atom stereocenters. The Morgan fingerprint density at radius 2 is 2.00 bits per heavy atom. The lowest BCUT2D eigenvalue weighted by molar-refractivity contribution is 0.468. The van der Waals surface area contributed by atoms with Crippen molar-refractivity contribution in [2.75, 3.05) is 18.7 Å². The van der Waals surface area contributed by atoms with Gasteiger partial charge in [0.25, 0.3) is 0 Å². The average Bonchev–Trinajstić information content (AvgIpc) is 2.19. The minimum absolute atomic E-state index is 0.0316. The van der Waals surface area contributed by atoms with Crippen molar-refractivity contribution in [3.8, 4) is 0 Å². The van der Waals surface area contributed by atoms with E-state index in [2.05, 4.69) is 4.98 Å². The Morgan fingerprint density at radius 3 is 2.53 bits per heavy atom. The van der Waals surface area contributed by atoms with E-state index in [9.17, 15) is 8.42 Å². The second kappa shape index (κ2) is 5.44. The third-order valence-corrected chi connectivity index (χ3v) is 4.18. The average molecular weight is 249 g/mol. The van der Waals surface area contributed by atoms with E-state index in [1.54, 1.807) is 31.6 Å². The van der Waals surface area contributed by atoms with Crippen molar-refractivity contribution < 1.29 is 8.42 Å². The maximum absolute atomic E-state index is 11.6. The van der Waals surface area contributed by atoms with Gasteiger partial charge in [-0.2, -0.15) is 0 Å². The lowest BCUT2D eigenvalue weighted by Gasteiger charge is -2.16. The summed E-state index contributed by atoms with van der Waals surface area (Å²) in [7, 11) is -1.68. The van der Waals surface area contributed by atoms with Crippen LogP contribution in [0.5, 0.6) is 0 Å². The molecule has 0 atom stereocenters. The Kier molecular flexibility index (Phi) is 4.50. The summed E-state index contributed by atoms with van der Waals surface area (Å²) in [5.74, 6) is 0.0825. The molecule has 0 aliphatic carbocycles. The summed E-state index contributed by atoms with van der Waals surface area (Å²) in [6.45, 7) is 0.349. The third kappa shape index (κ3) is 3.77. The van der Waals surface area contributed by atoms with Gasteiger partial charge in [-0.1, -0.05) is 0 Å². The molecule has 84 valence electrons. The van der Waals surface area contributed by atoms with Crippen LogP contribution in [0.15, 0.2) is 24.5 Å². The second-order valence-electron chi connectivity index (χ2n) is 3.12. The van der Waals surface area contributed by atoms with Crippen LogP contribution in [-0.2, 0) is 16.6 Å². The van der Waals surface area contributed by atoms with Crippen LogP contribution in [-0.4, -0.2) is 36.4 Å². The highest BCUT2D eigenvalue weighted by Gasteiger charge is 2.16. The first kappa shape index (κ1) is 12.4. The molecule has 1 aromatic rings. The van der Waals surface area contributed by atoms with E-state index in [0.717, 1.165) is 5.56 Å². The summed E-state index contributed by atoms with van der Waals surface area (Å²) in [6, 6.07) is 3.57. The summed E-state index contributed by atoms with van der Waals surface area (Å²) >= 11 is 5.42. The molecule has 1 heterocycles. The van der Waals surface area contributed by atoms with Crippen LogP contribution in [0.4, 0.5) is 0 Å². The van der Waals surface area contributed by atoms with Gasteiger partial charge in [-0.25, -0.2) is 12.7 Å². The van der Waals surface area contributed by atoms with Crippen molar-refractivity contribution in [3.05, 3.63) is 30.1 Å². The van der Waals surface area contributed by atoms with Crippen LogP contribution in [0.3, 0.4) is 0 Å². The van der Waals surface area contributed by atoms with Gasteiger partial charge in [0.15, 0.2) is 0 Å². The van der Waals surface area contributed by atoms with Gasteiger partial charge in [-0.05, 0) is 17.7 Å². The summed E-state index contributed by atoms with van der Waals surface area (Å²) in [5.41, 5.74) is 0.908. The first-order valence-electron chi connectivity index (χ1n) is 4.45. The quantitative estimate of drug-likeness (QED) is 0.733. The molecule has 0 radical (unpaired) electrons. The van der Waals surface area contributed by atoms with Crippen LogP contribution in [0, 0.1) is 0 Å². The highest BCUT2D eigenvalue weighted by atomic mass is 35.5. The van der Waals surface area contributed by atoms with Crippen LogP contribution < -0.4 is 0 Å². The normalized spacial score (nSPS) is 11.9. The van der Waals surface area contributed by atoms with Crippen molar-refractivity contribution in [2.24, 2.45) is 0 Å². The van der Waals surface area contributed by atoms with Gasteiger partial charge in [-0.3, -0.25) is 4.98 Å². The molecule has 0 aliphatic rings. The Labute approximate surface area is 94.9 Å². The lowest BCUT2D eigenvalue weighted by atomic mass is 10.3. The van der Waals surface area contributed by atoms with Gasteiger partial charge < -0.3 is 0 Å². The van der Waals surface area contributed by atoms with E-state index in [1.165, 1.54) is 4.31 Å². The number of rotatable bonds is 5. The first-order chi connectivity index (χ1) is 7.06. The van der Waals surface area contributed by atoms with Crippen LogP contribution >= 0.6 is 11.6 Å². The maximum atomic E-state index is 11.6. The standard InChI is InChI=1S/C9H13ClN2O2S/c1-12(15(13,14)7-4-10)8-9-2-5-11-6-3-9/h2-3,5-6H,4,7-8H2,1H3. The summed E-state index contributed by atoms with van der Waals surface area (Å²) in [5, 5.41) is 0. The fourth-order valence-corrected chi connectivity index (χ4v) is 2.53. The molecule has 6 heteroatoms. The molecule has 0 bridgehead atoms. The van der Waals surface area contributed by atoms with Crippen molar-refractivity contribution in [3.63, 3.8) is 0 Å². The Hall–Kier alpha value is -0.650. The summed E-state index contributed by atoms with van der Waals surface area (Å²) in [4.78, 5) is 3.86. The monoisotopic (exact) mass is 248 g/mol. The smallest absolute Gasteiger partial charge is 0.215 e. The fourth-order valence-electron chi connectivity index (χ4n) is 1.10. The number of halogens is 1. The minimum Gasteiger partial charge on any atom is -0.265 e. The zero-order valence-corrected chi connectivity index (χ0v) is 10.0. The number of alkyl halides is 1. The maximum Gasteiger partial charge on any atom is 0.215 e. The Balaban J connectivity index is 2.68. The van der Waals surface area contributed by atoms with Crippen molar-refractivity contribution >= 4 is 21.6 Å². The SMILES string of the molecule is CN(Cc1ccncc1)S(=O)(=O)CCCl. The zero-order valence-electron chi connectivity index (χ0n) is 8.43. The number of aromatic nitrogens is 1. The van der Waals surface area contributed by atoms with Gasteiger partial charge in [0.2, 0.25) is 10.0 Å². The van der Waals surface area contributed by atoms with E-state index in [0.29, 0.717) is 6.54 Å². The number of nitrogens with zero attached hydrogens (tertiary/aromatic N) is 2. The number of sulfonamides is 1. The number of pyridine rings is 1. The van der Waals surface area contributed by atoms with Gasteiger partial charge in [0.05, 0.1) is 5.75 Å². The molecule has 1 aromatic heterocycles. The molecule has 4 nitrogen and oxygen atoms in total. The highest BCUT2D eigenvalue weighted by Crippen LogP contribution is 2.06. The Morgan fingerprint density at radius 1 is 1.40 bits per heavy atom. The van der Waals surface area contributed by atoms with Crippen LogP contribution in [0.25, 0.3) is 0 Å². The van der Waals surface area contributed by atoms with E-state index < -0.39 is 10.0 Å². The predicted octanol–water partition coefficient (Wildman–Crippen LogP) is 1.08. The zero-order chi connectivity index (χ0) is 11.3. The van der Waals surface area contributed by atoms with E-state index >= 15 is 0 Å². The molecule has 15 heavy (non-hydrogen) atoms. The van der Waals surface area contributed by atoms with Gasteiger partial charge in [0.1, 0.15) is 0 Å². The molecule has 0 aromatic carbocycles. The third-order valence-electron chi connectivity index (χ3n) is 1.96. The molecule has 0 amide bonds. The van der Waals surface area contributed by atoms with Crippen molar-refractivity contribution in [1.82, 2.24) is 9.29 Å². The molecule has 0 saturated heterocycles. The lowest BCUT2D eigenvalue weighted by Crippen LogP contribution is -2.29. The first-order valence-corrected chi connectivity index (χ1v) is 6.59. The Bertz CT molecular complexity index is 394. The van der Waals surface area contributed by atoms with E-state index in [4.69, 9.17) is 11.6 Å². The minimum atomic E-state index is -3.23. The highest BCUT2D eigenvalue weighted by molar-refractivity contribution is 7.89. The van der Waals surface area contributed by atoms with Gasteiger partial charge in [0, 0.05) is 31.9 Å². The largest absolute Gasteiger partial charge is 0.265 e. The molecular weight excluding hydrogens is 236 g/mol. The molecule has 0 fully saturated rings. The topological polar surface area (TPSA) is 50.3 Å². The van der Waals surface area contributed by atoms with Gasteiger partial charge in [-0.15, -0.1) is 11.6 Å². The fraction of sp³-hybridized carbons (Fsp3) is 0.444. The van der Waals surface area contributed by atoms with Crippen molar-refractivity contribution in [2.45, 2.75) is 6.54 Å². The number of hydrogen-bond donors (Lipinski definition) is 0. The molecule has 0 spiro atoms. The molecule has 1 rings (SSSR count). The van der Waals surface area contributed by atoms with E-state index in [1.807, 2.05) is 0 Å². The molecular formula is C9H13ClN2O2S. The van der Waals surface area contributed by atoms with Gasteiger partial charge >= 0.3 is 0 Å². The molecule has 0 aliphatic heterocycles. The van der Waals surface area contributed by atoms with Crippen molar-refractivity contribution in [1.29, 1.82) is 0 Å². The molecule has 0 saturated carbocycles. The molecule has 0 N–H and O–H groups in total.